The Kier molecular flexibility index (Phi) is 4.53. The molecular formula is C14H21N3O3S. The van der Waals surface area contributed by atoms with E-state index in [-0.39, 0.29) is 18.5 Å². The lowest BCUT2D eigenvalue weighted by molar-refractivity contribution is -0.119. The molecule has 0 radical (unpaired) electrons. The SMILES string of the molecule is Cc1ccc(N(CC(=O)NC2CC2)S(=O)(=O)N(C)C)cc1. The van der Waals surface area contributed by atoms with Crippen molar-refractivity contribution in [2.75, 3.05) is 24.9 Å². The normalized spacial score (nSPS) is 15.0. The Morgan fingerprint density at radius 3 is 2.29 bits per heavy atom. The number of carbonyl (C=O) groups excluding carboxylic acids is 1. The van der Waals surface area contributed by atoms with Gasteiger partial charge in [0.05, 0.1) is 5.69 Å². The highest BCUT2D eigenvalue weighted by Crippen LogP contribution is 2.21. The summed E-state index contributed by atoms with van der Waals surface area (Å²) in [5.74, 6) is -0.275. The standard InChI is InChI=1S/C14H21N3O3S/c1-11-4-8-13(9-5-11)17(21(19,20)16(2)3)10-14(18)15-12-6-7-12/h4-5,8-9,12H,6-7,10H2,1-3H3,(H,15,18). The summed E-state index contributed by atoms with van der Waals surface area (Å²) in [7, 11) is -0.802. The molecule has 1 aromatic rings. The van der Waals surface area contributed by atoms with Crippen molar-refractivity contribution in [2.24, 2.45) is 0 Å². The molecule has 0 heterocycles. The number of carbonyl (C=O) groups is 1. The van der Waals surface area contributed by atoms with E-state index in [1.807, 2.05) is 19.1 Å². The van der Waals surface area contributed by atoms with Gasteiger partial charge >= 0.3 is 10.2 Å². The van der Waals surface area contributed by atoms with Crippen LogP contribution in [0.25, 0.3) is 0 Å². The molecular weight excluding hydrogens is 290 g/mol. The fourth-order valence-electron chi connectivity index (χ4n) is 1.85. The summed E-state index contributed by atoms with van der Waals surface area (Å²) in [5.41, 5.74) is 1.52. The zero-order valence-corrected chi connectivity index (χ0v) is 13.4. The van der Waals surface area contributed by atoms with Crippen molar-refractivity contribution in [2.45, 2.75) is 25.8 Å². The van der Waals surface area contributed by atoms with Gasteiger partial charge in [0.1, 0.15) is 6.54 Å². The van der Waals surface area contributed by atoms with Crippen LogP contribution >= 0.6 is 0 Å². The first kappa shape index (κ1) is 15.8. The third-order valence-electron chi connectivity index (χ3n) is 3.29. The number of hydrogen-bond acceptors (Lipinski definition) is 3. The molecule has 0 saturated heterocycles. The van der Waals surface area contributed by atoms with Crippen molar-refractivity contribution in [3.05, 3.63) is 29.8 Å². The van der Waals surface area contributed by atoms with Crippen LogP contribution in [-0.4, -0.2) is 45.3 Å². The van der Waals surface area contributed by atoms with Gasteiger partial charge in [-0.05, 0) is 31.9 Å². The van der Waals surface area contributed by atoms with Gasteiger partial charge in [-0.2, -0.15) is 12.7 Å². The third-order valence-corrected chi connectivity index (χ3v) is 5.11. The number of anilines is 1. The summed E-state index contributed by atoms with van der Waals surface area (Å²) >= 11 is 0. The quantitative estimate of drug-likeness (QED) is 0.848. The number of amides is 1. The van der Waals surface area contributed by atoms with Gasteiger partial charge in [-0.3, -0.25) is 4.79 Å². The minimum Gasteiger partial charge on any atom is -0.352 e. The Morgan fingerprint density at radius 1 is 1.24 bits per heavy atom. The number of nitrogens with one attached hydrogen (secondary N) is 1. The van der Waals surface area contributed by atoms with Crippen molar-refractivity contribution in [3.8, 4) is 0 Å². The maximum atomic E-state index is 12.4. The van der Waals surface area contributed by atoms with Crippen LogP contribution in [-0.2, 0) is 15.0 Å². The Morgan fingerprint density at radius 2 is 1.81 bits per heavy atom. The molecule has 116 valence electrons. The molecule has 0 aromatic heterocycles. The summed E-state index contributed by atoms with van der Waals surface area (Å²) in [5, 5.41) is 2.81. The zero-order chi connectivity index (χ0) is 15.6. The van der Waals surface area contributed by atoms with Crippen LogP contribution in [0.5, 0.6) is 0 Å². The molecule has 0 atom stereocenters. The first-order valence-corrected chi connectivity index (χ1v) is 8.26. The van der Waals surface area contributed by atoms with Crippen LogP contribution in [0.4, 0.5) is 5.69 Å². The molecule has 0 aliphatic heterocycles. The Balaban J connectivity index is 2.25. The molecule has 7 heteroatoms. The smallest absolute Gasteiger partial charge is 0.304 e. The molecule has 1 aliphatic carbocycles. The lowest BCUT2D eigenvalue weighted by atomic mass is 10.2. The number of rotatable bonds is 6. The minimum absolute atomic E-state index is 0.208. The minimum atomic E-state index is -3.71. The van der Waals surface area contributed by atoms with E-state index in [2.05, 4.69) is 5.32 Å². The number of benzene rings is 1. The van der Waals surface area contributed by atoms with E-state index in [1.165, 1.54) is 14.1 Å². The van der Waals surface area contributed by atoms with Gasteiger partial charge in [-0.25, -0.2) is 4.31 Å². The Hall–Kier alpha value is -1.60. The van der Waals surface area contributed by atoms with E-state index in [4.69, 9.17) is 0 Å². The second-order valence-electron chi connectivity index (χ2n) is 5.47. The first-order chi connectivity index (χ1) is 9.80. The average molecular weight is 311 g/mol. The highest BCUT2D eigenvalue weighted by atomic mass is 32.2. The van der Waals surface area contributed by atoms with Crippen LogP contribution < -0.4 is 9.62 Å². The van der Waals surface area contributed by atoms with Crippen molar-refractivity contribution in [1.82, 2.24) is 9.62 Å². The average Bonchev–Trinajstić information content (AvgIpc) is 3.20. The van der Waals surface area contributed by atoms with E-state index < -0.39 is 10.2 Å². The van der Waals surface area contributed by atoms with Gasteiger partial charge in [-0.15, -0.1) is 0 Å². The lowest BCUT2D eigenvalue weighted by Crippen LogP contribution is -2.46. The molecule has 0 bridgehead atoms. The molecule has 21 heavy (non-hydrogen) atoms. The van der Waals surface area contributed by atoms with E-state index >= 15 is 0 Å². The predicted octanol–water partition coefficient (Wildman–Crippen LogP) is 0.886. The topological polar surface area (TPSA) is 69.7 Å². The van der Waals surface area contributed by atoms with Gasteiger partial charge in [0, 0.05) is 20.1 Å². The number of aryl methyl sites for hydroxylation is 1. The molecule has 6 nitrogen and oxygen atoms in total. The van der Waals surface area contributed by atoms with Gasteiger partial charge in [0.25, 0.3) is 0 Å². The molecule has 0 unspecified atom stereocenters. The monoisotopic (exact) mass is 311 g/mol. The lowest BCUT2D eigenvalue weighted by Gasteiger charge is -2.27. The van der Waals surface area contributed by atoms with Gasteiger partial charge in [-0.1, -0.05) is 17.7 Å². The summed E-state index contributed by atoms with van der Waals surface area (Å²) in [6.45, 7) is 1.72. The summed E-state index contributed by atoms with van der Waals surface area (Å²) in [6.07, 6.45) is 1.94. The van der Waals surface area contributed by atoms with E-state index in [0.29, 0.717) is 5.69 Å². The van der Waals surface area contributed by atoms with Crippen LogP contribution in [0.1, 0.15) is 18.4 Å². The van der Waals surface area contributed by atoms with Gasteiger partial charge < -0.3 is 5.32 Å². The second kappa shape index (κ2) is 6.03. The summed E-state index contributed by atoms with van der Waals surface area (Å²) < 4.78 is 27.1. The largest absolute Gasteiger partial charge is 0.352 e. The van der Waals surface area contributed by atoms with Crippen LogP contribution in [0.2, 0.25) is 0 Å². The maximum absolute atomic E-state index is 12.4. The van der Waals surface area contributed by atoms with Crippen molar-refractivity contribution >= 4 is 21.8 Å². The van der Waals surface area contributed by atoms with Crippen molar-refractivity contribution < 1.29 is 13.2 Å². The molecule has 2 rings (SSSR count). The molecule has 0 spiro atoms. The fraction of sp³-hybridized carbons (Fsp3) is 0.500. The molecule has 1 N–H and O–H groups in total. The summed E-state index contributed by atoms with van der Waals surface area (Å²) in [4.78, 5) is 12.0. The zero-order valence-electron chi connectivity index (χ0n) is 12.5. The highest BCUT2D eigenvalue weighted by Gasteiger charge is 2.29. The molecule has 1 saturated carbocycles. The van der Waals surface area contributed by atoms with Crippen molar-refractivity contribution in [1.29, 1.82) is 0 Å². The predicted molar refractivity (Wildman–Crippen MR) is 82.3 cm³/mol. The van der Waals surface area contributed by atoms with E-state index in [9.17, 15) is 13.2 Å². The van der Waals surface area contributed by atoms with Crippen LogP contribution in [0.15, 0.2) is 24.3 Å². The van der Waals surface area contributed by atoms with Crippen LogP contribution in [0.3, 0.4) is 0 Å². The van der Waals surface area contributed by atoms with E-state index in [1.54, 1.807) is 12.1 Å². The van der Waals surface area contributed by atoms with E-state index in [0.717, 1.165) is 27.0 Å². The first-order valence-electron chi connectivity index (χ1n) is 6.87. The molecule has 1 amide bonds. The maximum Gasteiger partial charge on any atom is 0.304 e. The highest BCUT2D eigenvalue weighted by molar-refractivity contribution is 7.90. The Bertz CT molecular complexity index is 607. The van der Waals surface area contributed by atoms with Gasteiger partial charge in [0.15, 0.2) is 0 Å². The Labute approximate surface area is 125 Å². The van der Waals surface area contributed by atoms with Crippen LogP contribution in [0, 0.1) is 6.92 Å². The third kappa shape index (κ3) is 3.95. The fourth-order valence-corrected chi connectivity index (χ4v) is 2.91. The molecule has 1 aliphatic rings. The second-order valence-corrected chi connectivity index (χ2v) is 7.54. The molecule has 1 fully saturated rings. The summed E-state index contributed by atoms with van der Waals surface area (Å²) in [6, 6.07) is 7.28. The van der Waals surface area contributed by atoms with Gasteiger partial charge in [0.2, 0.25) is 5.91 Å². The number of hydrogen-bond donors (Lipinski definition) is 1. The number of nitrogens with zero attached hydrogens (tertiary/aromatic N) is 2. The van der Waals surface area contributed by atoms with Crippen molar-refractivity contribution in [3.63, 3.8) is 0 Å². The molecule has 1 aromatic carbocycles.